The van der Waals surface area contributed by atoms with Gasteiger partial charge in [0, 0.05) is 0 Å². The molecule has 2 saturated heterocycles. The van der Waals surface area contributed by atoms with E-state index in [4.69, 9.17) is 18.1 Å². The average molecular weight is 514 g/mol. The van der Waals surface area contributed by atoms with Crippen LogP contribution in [0, 0.1) is 0 Å². The molecule has 2 rings (SSSR count). The first-order valence-electron chi connectivity index (χ1n) is 9.48. The molecule has 0 aliphatic carbocycles. The fourth-order valence-electron chi connectivity index (χ4n) is 2.88. The molecule has 30 heavy (non-hydrogen) atoms. The molecular formula is C14H28O12P2S2. The summed E-state index contributed by atoms with van der Waals surface area (Å²) in [5.41, 5.74) is 0. The Bertz CT molecular complexity index is 799. The van der Waals surface area contributed by atoms with E-state index in [1.807, 2.05) is 0 Å². The Morgan fingerprint density at radius 1 is 0.767 bits per heavy atom. The van der Waals surface area contributed by atoms with Gasteiger partial charge in [-0.25, -0.2) is 0 Å². The number of rotatable bonds is 13. The molecule has 0 aromatic rings. The van der Waals surface area contributed by atoms with Crippen molar-refractivity contribution < 1.29 is 52.4 Å². The summed E-state index contributed by atoms with van der Waals surface area (Å²) in [4.78, 5) is 0. The van der Waals surface area contributed by atoms with Crippen LogP contribution in [0.1, 0.15) is 26.7 Å². The van der Waals surface area contributed by atoms with Crippen LogP contribution in [0.3, 0.4) is 0 Å². The number of hydrogen-bond donors (Lipinski definition) is 0. The maximum Gasteiger partial charge on any atom is 0.331 e. The van der Waals surface area contributed by atoms with Crippen molar-refractivity contribution in [2.24, 2.45) is 0 Å². The van der Waals surface area contributed by atoms with Gasteiger partial charge >= 0.3 is 15.2 Å². The first-order valence-corrected chi connectivity index (χ1v) is 16.1. The molecule has 0 saturated carbocycles. The minimum atomic E-state index is -3.68. The fraction of sp³-hybridized carbons (Fsp3) is 1.00. The lowest BCUT2D eigenvalue weighted by Crippen LogP contribution is -2.18. The Morgan fingerprint density at radius 3 is 1.40 bits per heavy atom. The molecule has 0 radical (unpaired) electrons. The van der Waals surface area contributed by atoms with E-state index in [-0.39, 0.29) is 51.6 Å². The minimum Gasteiger partial charge on any atom is -0.309 e. The molecule has 0 bridgehead atoms. The summed E-state index contributed by atoms with van der Waals surface area (Å²) in [6.45, 7) is 3.03. The van der Waals surface area contributed by atoms with Crippen LogP contribution < -0.4 is 0 Å². The first kappa shape index (κ1) is 26.4. The lowest BCUT2D eigenvalue weighted by molar-refractivity contribution is 0.137. The molecule has 0 spiro atoms. The van der Waals surface area contributed by atoms with E-state index in [9.17, 15) is 26.0 Å². The van der Waals surface area contributed by atoms with Crippen molar-refractivity contribution in [3.05, 3.63) is 0 Å². The van der Waals surface area contributed by atoms with Crippen LogP contribution in [0.15, 0.2) is 0 Å². The van der Waals surface area contributed by atoms with Crippen LogP contribution in [-0.2, 0) is 55.8 Å². The van der Waals surface area contributed by atoms with Gasteiger partial charge in [-0.15, -0.1) is 0 Å². The van der Waals surface area contributed by atoms with E-state index in [2.05, 4.69) is 8.37 Å². The standard InChI is InChI=1S/C14H28O12P2S2/c1-3-21-27(15,25-13-9-23-29(17,18)11-13)7-5-6-8-28(16,22-4-2)26-14-10-24-30(19,20)12-14/h13-14H,3-12H2,1-2H3. The predicted molar refractivity (Wildman–Crippen MR) is 107 cm³/mol. The van der Waals surface area contributed by atoms with Crippen LogP contribution in [-0.4, -0.2) is 79.3 Å². The molecule has 2 fully saturated rings. The predicted octanol–water partition coefficient (Wildman–Crippen LogP) is 1.72. The fourth-order valence-corrected chi connectivity index (χ4v) is 9.01. The second kappa shape index (κ2) is 10.8. The lowest BCUT2D eigenvalue weighted by atomic mass is 10.4. The van der Waals surface area contributed by atoms with E-state index in [1.54, 1.807) is 13.8 Å². The molecule has 0 aromatic carbocycles. The van der Waals surface area contributed by atoms with Gasteiger partial charge in [0.25, 0.3) is 20.2 Å². The van der Waals surface area contributed by atoms with Crippen molar-refractivity contribution in [1.82, 2.24) is 0 Å². The van der Waals surface area contributed by atoms with Crippen LogP contribution in [0.4, 0.5) is 0 Å². The van der Waals surface area contributed by atoms with Crippen LogP contribution in [0.25, 0.3) is 0 Å². The second-order valence-electron chi connectivity index (χ2n) is 6.68. The molecule has 4 unspecified atom stereocenters. The molecule has 178 valence electrons. The third-order valence-corrected chi connectivity index (χ3v) is 10.9. The van der Waals surface area contributed by atoms with Gasteiger partial charge in [0.2, 0.25) is 0 Å². The average Bonchev–Trinajstić information content (AvgIpc) is 3.12. The topological polar surface area (TPSA) is 158 Å². The Morgan fingerprint density at radius 2 is 1.13 bits per heavy atom. The SMILES string of the molecule is CCOP(=O)(CCCCP(=O)(OCC)OC1COS(=O)(=O)C1)OC1COS(=O)(=O)C1. The Kier molecular flexibility index (Phi) is 9.52. The smallest absolute Gasteiger partial charge is 0.309 e. The van der Waals surface area contributed by atoms with Gasteiger partial charge in [-0.3, -0.25) is 17.5 Å². The molecule has 2 aliphatic heterocycles. The van der Waals surface area contributed by atoms with Crippen molar-refractivity contribution >= 4 is 35.4 Å². The zero-order chi connectivity index (χ0) is 22.5. The van der Waals surface area contributed by atoms with E-state index in [0.717, 1.165) is 0 Å². The maximum atomic E-state index is 12.9. The molecular weight excluding hydrogens is 486 g/mol. The van der Waals surface area contributed by atoms with Gasteiger partial charge in [0.05, 0.1) is 38.8 Å². The second-order valence-corrected chi connectivity index (χ2v) is 14.3. The van der Waals surface area contributed by atoms with E-state index in [1.165, 1.54) is 0 Å². The summed E-state index contributed by atoms with van der Waals surface area (Å²) in [7, 11) is -14.5. The zero-order valence-electron chi connectivity index (χ0n) is 16.8. The minimum absolute atomic E-state index is 0.0234. The Hall–Kier alpha value is 0.120. The third-order valence-electron chi connectivity index (χ3n) is 4.03. The van der Waals surface area contributed by atoms with Crippen molar-refractivity contribution in [2.75, 3.05) is 50.3 Å². The molecule has 12 nitrogen and oxygen atoms in total. The largest absolute Gasteiger partial charge is 0.331 e. The van der Waals surface area contributed by atoms with Crippen molar-refractivity contribution in [3.8, 4) is 0 Å². The number of unbranched alkanes of at least 4 members (excludes halogenated alkanes) is 1. The van der Waals surface area contributed by atoms with Crippen molar-refractivity contribution in [3.63, 3.8) is 0 Å². The van der Waals surface area contributed by atoms with Gasteiger partial charge < -0.3 is 18.1 Å². The molecule has 0 amide bonds. The third kappa shape index (κ3) is 8.57. The van der Waals surface area contributed by atoms with Crippen molar-refractivity contribution in [1.29, 1.82) is 0 Å². The summed E-state index contributed by atoms with van der Waals surface area (Å²) < 4.78 is 102. The molecule has 0 aromatic heterocycles. The maximum absolute atomic E-state index is 12.9. The first-order chi connectivity index (χ1) is 13.9. The Balaban J connectivity index is 1.86. The van der Waals surface area contributed by atoms with Crippen molar-refractivity contribution in [2.45, 2.75) is 38.9 Å². The summed E-state index contributed by atoms with van der Waals surface area (Å²) in [5, 5.41) is 0. The molecule has 0 N–H and O–H groups in total. The van der Waals surface area contributed by atoms with Gasteiger partial charge in [-0.05, 0) is 26.7 Å². The quantitative estimate of drug-likeness (QED) is 0.199. The molecule has 4 atom stereocenters. The molecule has 2 aliphatic rings. The highest BCUT2D eigenvalue weighted by atomic mass is 32.2. The lowest BCUT2D eigenvalue weighted by Gasteiger charge is -2.22. The van der Waals surface area contributed by atoms with Gasteiger partial charge in [0.15, 0.2) is 0 Å². The monoisotopic (exact) mass is 514 g/mol. The van der Waals surface area contributed by atoms with E-state index < -0.39 is 59.1 Å². The molecule has 16 heteroatoms. The summed E-state index contributed by atoms with van der Waals surface area (Å²) in [6, 6.07) is 0. The van der Waals surface area contributed by atoms with Gasteiger partial charge in [-0.1, -0.05) is 0 Å². The van der Waals surface area contributed by atoms with Gasteiger partial charge in [-0.2, -0.15) is 16.8 Å². The highest BCUT2D eigenvalue weighted by molar-refractivity contribution is 7.87. The van der Waals surface area contributed by atoms with Crippen LogP contribution in [0.5, 0.6) is 0 Å². The highest BCUT2D eigenvalue weighted by Gasteiger charge is 2.38. The normalized spacial score (nSPS) is 29.4. The van der Waals surface area contributed by atoms with Gasteiger partial charge in [0.1, 0.15) is 23.7 Å². The highest BCUT2D eigenvalue weighted by Crippen LogP contribution is 2.53. The van der Waals surface area contributed by atoms with E-state index >= 15 is 0 Å². The molecule has 2 heterocycles. The summed E-state index contributed by atoms with van der Waals surface area (Å²) in [6.07, 6.45) is -1.26. The summed E-state index contributed by atoms with van der Waals surface area (Å²) in [5.74, 6) is -0.798. The number of hydrogen-bond acceptors (Lipinski definition) is 12. The van der Waals surface area contributed by atoms with Crippen LogP contribution in [0.2, 0.25) is 0 Å². The van der Waals surface area contributed by atoms with E-state index in [0.29, 0.717) is 0 Å². The summed E-state index contributed by atoms with van der Waals surface area (Å²) >= 11 is 0. The zero-order valence-corrected chi connectivity index (χ0v) is 20.3. The van der Waals surface area contributed by atoms with Crippen LogP contribution >= 0.6 is 15.2 Å². The Labute approximate surface area is 177 Å².